The number of carboxylic acids is 1. The van der Waals surface area contributed by atoms with Crippen molar-refractivity contribution in [2.75, 3.05) is 13.2 Å². The number of halogens is 2. The van der Waals surface area contributed by atoms with E-state index in [-0.39, 0.29) is 13.2 Å². The van der Waals surface area contributed by atoms with Gasteiger partial charge in [-0.3, -0.25) is 4.57 Å². The molecule has 1 rings (SSSR count). The van der Waals surface area contributed by atoms with Gasteiger partial charge in [-0.2, -0.15) is 8.78 Å². The van der Waals surface area contributed by atoms with Crippen molar-refractivity contribution in [3.63, 3.8) is 0 Å². The van der Waals surface area contributed by atoms with E-state index < -0.39 is 24.8 Å². The Hall–Kier alpha value is -1.56. The fraction of sp³-hybridized carbons (Fsp3) is 0.400. The Balaban J connectivity index is 3.19. The number of carbonyl (C=O) groups is 1. The van der Waals surface area contributed by atoms with Crippen LogP contribution in [0.15, 0.2) is 30.3 Å². The van der Waals surface area contributed by atoms with Crippen molar-refractivity contribution in [3.8, 4) is 0 Å². The van der Waals surface area contributed by atoms with E-state index >= 15 is 0 Å². The van der Waals surface area contributed by atoms with Gasteiger partial charge >= 0.3 is 13.3 Å². The van der Waals surface area contributed by atoms with E-state index in [1.165, 1.54) is 32.9 Å². The molecule has 0 heterocycles. The zero-order valence-electron chi connectivity index (χ0n) is 13.0. The van der Waals surface area contributed by atoms with Gasteiger partial charge < -0.3 is 18.9 Å². The highest BCUT2D eigenvalue weighted by Crippen LogP contribution is 2.66. The first-order valence-electron chi connectivity index (χ1n) is 6.95. The van der Waals surface area contributed by atoms with Gasteiger partial charge in [0.05, 0.1) is 19.2 Å². The lowest BCUT2D eigenvalue weighted by Gasteiger charge is -2.26. The molecular formula is C15H18F2O5P-. The van der Waals surface area contributed by atoms with E-state index in [2.05, 4.69) is 0 Å². The molecule has 0 amide bonds. The minimum absolute atomic E-state index is 0.182. The van der Waals surface area contributed by atoms with Crippen LogP contribution in [0.25, 0.3) is 5.57 Å². The first-order valence-corrected chi connectivity index (χ1v) is 8.49. The van der Waals surface area contributed by atoms with Gasteiger partial charge in [-0.05, 0) is 38.0 Å². The van der Waals surface area contributed by atoms with E-state index in [1.54, 1.807) is 0 Å². The molecule has 0 radical (unpaired) electrons. The van der Waals surface area contributed by atoms with Crippen LogP contribution in [-0.4, -0.2) is 19.2 Å². The number of aliphatic carboxylic acids is 1. The van der Waals surface area contributed by atoms with Crippen molar-refractivity contribution in [1.29, 1.82) is 0 Å². The van der Waals surface area contributed by atoms with Crippen LogP contribution in [-0.2, 0) is 24.1 Å². The molecular weight excluding hydrogens is 329 g/mol. The van der Waals surface area contributed by atoms with E-state index in [0.29, 0.717) is 11.1 Å². The Morgan fingerprint density at radius 1 is 1.22 bits per heavy atom. The normalized spacial score (nSPS) is 13.2. The first-order chi connectivity index (χ1) is 10.7. The predicted molar refractivity (Wildman–Crippen MR) is 79.9 cm³/mol. The maximum Gasteiger partial charge on any atom is 0.404 e. The number of hydrogen-bond acceptors (Lipinski definition) is 5. The average molecular weight is 347 g/mol. The second-order valence-electron chi connectivity index (χ2n) is 4.60. The van der Waals surface area contributed by atoms with Gasteiger partial charge in [-0.25, -0.2) is 0 Å². The molecule has 0 aromatic heterocycles. The van der Waals surface area contributed by atoms with Gasteiger partial charge in [0.25, 0.3) is 0 Å². The average Bonchev–Trinajstić information content (AvgIpc) is 2.47. The number of benzene rings is 1. The molecule has 0 saturated heterocycles. The third-order valence-electron chi connectivity index (χ3n) is 2.96. The molecule has 5 nitrogen and oxygen atoms in total. The van der Waals surface area contributed by atoms with Crippen molar-refractivity contribution < 1.29 is 32.3 Å². The van der Waals surface area contributed by atoms with Crippen LogP contribution in [0.1, 0.15) is 31.9 Å². The number of carbonyl (C=O) groups excluding carboxylic acids is 1. The van der Waals surface area contributed by atoms with Gasteiger partial charge in [-0.15, -0.1) is 0 Å². The Bertz CT molecular complexity index is 615. The van der Waals surface area contributed by atoms with Crippen molar-refractivity contribution in [1.82, 2.24) is 0 Å². The summed E-state index contributed by atoms with van der Waals surface area (Å²) >= 11 is 0. The number of rotatable bonds is 8. The summed E-state index contributed by atoms with van der Waals surface area (Å²) in [5, 5.41) is 10.5. The summed E-state index contributed by atoms with van der Waals surface area (Å²) in [6.45, 7) is 4.03. The number of hydrogen-bond donors (Lipinski definition) is 0. The highest BCUT2D eigenvalue weighted by atomic mass is 31.2. The van der Waals surface area contributed by atoms with Crippen LogP contribution >= 0.6 is 7.60 Å². The van der Waals surface area contributed by atoms with Crippen LogP contribution in [0.4, 0.5) is 8.78 Å². The SMILES string of the molecule is CCOP(=O)(OCC)C(F)(F)c1ccc(/C(C)=C/C(=O)[O-])cc1. The van der Waals surface area contributed by atoms with Crippen LogP contribution < -0.4 is 5.11 Å². The van der Waals surface area contributed by atoms with E-state index in [9.17, 15) is 23.2 Å². The molecule has 128 valence electrons. The first kappa shape index (κ1) is 19.5. The van der Waals surface area contributed by atoms with Crippen molar-refractivity contribution in [2.24, 2.45) is 0 Å². The van der Waals surface area contributed by atoms with Crippen LogP contribution in [0, 0.1) is 0 Å². The molecule has 1 aromatic carbocycles. The third-order valence-corrected chi connectivity index (χ3v) is 5.11. The summed E-state index contributed by atoms with van der Waals surface area (Å²) in [5.41, 5.74) is -3.58. The summed E-state index contributed by atoms with van der Waals surface area (Å²) < 4.78 is 50.7. The van der Waals surface area contributed by atoms with Gasteiger partial charge in [0.2, 0.25) is 0 Å². The molecule has 1 aromatic rings. The molecule has 23 heavy (non-hydrogen) atoms. The zero-order chi connectivity index (χ0) is 17.7. The highest BCUT2D eigenvalue weighted by Gasteiger charge is 2.54. The monoisotopic (exact) mass is 347 g/mol. The molecule has 0 spiro atoms. The molecule has 0 saturated carbocycles. The minimum Gasteiger partial charge on any atom is -0.545 e. The second-order valence-corrected chi connectivity index (χ2v) is 6.67. The van der Waals surface area contributed by atoms with E-state index in [0.717, 1.165) is 18.2 Å². The number of alkyl halides is 2. The van der Waals surface area contributed by atoms with Crippen LogP contribution in [0.2, 0.25) is 0 Å². The topological polar surface area (TPSA) is 75.7 Å². The molecule has 0 aliphatic heterocycles. The zero-order valence-corrected chi connectivity index (χ0v) is 13.9. The van der Waals surface area contributed by atoms with Gasteiger partial charge in [-0.1, -0.05) is 24.3 Å². The number of allylic oxidation sites excluding steroid dienone is 1. The van der Waals surface area contributed by atoms with Crippen molar-refractivity contribution >= 4 is 19.1 Å². The summed E-state index contributed by atoms with van der Waals surface area (Å²) in [4.78, 5) is 10.5. The predicted octanol–water partition coefficient (Wildman–Crippen LogP) is 3.16. The lowest BCUT2D eigenvalue weighted by Crippen LogP contribution is -2.19. The highest BCUT2D eigenvalue weighted by molar-refractivity contribution is 7.54. The van der Waals surface area contributed by atoms with Gasteiger partial charge in [0.15, 0.2) is 0 Å². The smallest absolute Gasteiger partial charge is 0.404 e. The quantitative estimate of drug-likeness (QED) is 0.533. The maximum absolute atomic E-state index is 14.5. The van der Waals surface area contributed by atoms with E-state index in [1.807, 2.05) is 0 Å². The van der Waals surface area contributed by atoms with Crippen molar-refractivity contribution in [3.05, 3.63) is 41.5 Å². The third kappa shape index (κ3) is 4.47. The molecule has 0 aliphatic rings. The summed E-state index contributed by atoms with van der Waals surface area (Å²) in [6, 6.07) is 4.74. The van der Waals surface area contributed by atoms with Crippen LogP contribution in [0.5, 0.6) is 0 Å². The fourth-order valence-corrected chi connectivity index (χ4v) is 3.44. The molecule has 0 unspecified atom stereocenters. The summed E-state index contributed by atoms with van der Waals surface area (Å²) in [6.07, 6.45) is 0.860. The maximum atomic E-state index is 14.5. The van der Waals surface area contributed by atoms with Gasteiger partial charge in [0.1, 0.15) is 0 Å². The Morgan fingerprint density at radius 3 is 2.09 bits per heavy atom. The van der Waals surface area contributed by atoms with Crippen LogP contribution in [0.3, 0.4) is 0 Å². The fourth-order valence-electron chi connectivity index (χ4n) is 1.89. The lowest BCUT2D eigenvalue weighted by atomic mass is 10.1. The minimum atomic E-state index is -4.66. The Morgan fingerprint density at radius 2 is 1.70 bits per heavy atom. The largest absolute Gasteiger partial charge is 0.545 e. The summed E-state index contributed by atoms with van der Waals surface area (Å²) in [7, 11) is -4.66. The summed E-state index contributed by atoms with van der Waals surface area (Å²) in [5.74, 6) is -1.38. The number of carboxylic acid groups (broad SMARTS) is 1. The molecule has 0 bridgehead atoms. The molecule has 0 N–H and O–H groups in total. The second kappa shape index (κ2) is 7.81. The van der Waals surface area contributed by atoms with E-state index in [4.69, 9.17) is 9.05 Å². The Labute approximate surface area is 133 Å². The molecule has 0 atom stereocenters. The Kier molecular flexibility index (Phi) is 6.62. The lowest BCUT2D eigenvalue weighted by molar-refractivity contribution is -0.297. The van der Waals surface area contributed by atoms with Crippen molar-refractivity contribution in [2.45, 2.75) is 26.4 Å². The molecule has 0 aliphatic carbocycles. The standard InChI is InChI=1S/C15H19F2O5P/c1-4-21-23(20,22-5-2)15(16,17)13-8-6-12(7-9-13)11(3)10-14(18)19/h6-10H,4-5H2,1-3H3,(H,18,19)/p-1/b11-10+. The van der Waals surface area contributed by atoms with Gasteiger partial charge in [0, 0.05) is 5.56 Å². The molecule has 0 fully saturated rings. The molecule has 8 heteroatoms.